The van der Waals surface area contributed by atoms with Gasteiger partial charge in [0.15, 0.2) is 0 Å². The van der Waals surface area contributed by atoms with Crippen molar-refractivity contribution in [2.24, 2.45) is 0 Å². The minimum absolute atomic E-state index is 0. The molecule has 0 aliphatic rings. The Hall–Kier alpha value is -5.30. The van der Waals surface area contributed by atoms with E-state index in [2.05, 4.69) is 222 Å². The Morgan fingerprint density at radius 1 is 0.303 bits per heavy atom. The van der Waals surface area contributed by atoms with Gasteiger partial charge in [0.05, 0.1) is 37.1 Å². The van der Waals surface area contributed by atoms with Crippen molar-refractivity contribution in [2.75, 3.05) is 0 Å². The third kappa shape index (κ3) is 10.6. The predicted molar refractivity (Wildman–Crippen MR) is 284 cm³/mol. The zero-order chi connectivity index (χ0) is 44.5. The smallest absolute Gasteiger partial charge is 0.366 e. The molecule has 0 unspecified atom stereocenters. The van der Waals surface area contributed by atoms with Crippen molar-refractivity contribution in [2.45, 2.75) is 38.0 Å². The monoisotopic (exact) mass is 1250 g/mol. The minimum Gasteiger partial charge on any atom is -0.366 e. The van der Waals surface area contributed by atoms with Crippen molar-refractivity contribution in [1.29, 1.82) is 0 Å². The summed E-state index contributed by atoms with van der Waals surface area (Å²) in [5, 5.41) is 15.5. The van der Waals surface area contributed by atoms with E-state index >= 15 is 0 Å². The quantitative estimate of drug-likeness (QED) is 0.0490. The van der Waals surface area contributed by atoms with Gasteiger partial charge in [-0.1, -0.05) is 181 Å². The minimum atomic E-state index is -1.07. The molecule has 0 heterocycles. The largest absolute Gasteiger partial charge is 1.00 e. The number of benzene rings is 10. The predicted octanol–water partition coefficient (Wildman–Crippen LogP) is 14.1. The molecule has 0 N–H and O–H groups in total. The molecule has 0 nitrogen and oxygen atoms in total. The van der Waals surface area contributed by atoms with Crippen molar-refractivity contribution in [3.05, 3.63) is 254 Å². The van der Waals surface area contributed by atoms with E-state index in [1.54, 1.807) is 0 Å². The molecule has 0 fully saturated rings. The molecule has 0 spiro atoms. The van der Waals surface area contributed by atoms with Crippen molar-refractivity contribution in [3.63, 3.8) is 0 Å². The number of fused-ring (bicyclic) bond motifs is 6. The molecule has 4 heteroatoms. The van der Waals surface area contributed by atoms with Gasteiger partial charge >= 0.3 is 44.8 Å². The van der Waals surface area contributed by atoms with E-state index in [0.29, 0.717) is 0 Å². The summed E-state index contributed by atoms with van der Waals surface area (Å²) in [5.74, 6) is 5.02. The van der Waals surface area contributed by atoms with Crippen LogP contribution in [0.1, 0.15) is 38.8 Å². The fraction of sp³-hybridized carbons (Fsp3) is 0.0968. The van der Waals surface area contributed by atoms with Crippen LogP contribution in [0.4, 0.5) is 0 Å². The van der Waals surface area contributed by atoms with Crippen molar-refractivity contribution in [3.8, 4) is 11.8 Å². The van der Waals surface area contributed by atoms with E-state index in [4.69, 9.17) is 12.8 Å². The molecule has 10 aromatic rings. The Balaban J connectivity index is 0.000000177. The Morgan fingerprint density at radius 3 is 0.864 bits per heavy atom. The van der Waals surface area contributed by atoms with E-state index in [9.17, 15) is 0 Å². The SMILES string of the molecule is CC(C)([PH+](c1ccccc1)c1ccccc1)C(C)(C)[PH+](c1ccccc1)c1ccccc1.[Au+].[Au+].[C-]#Cc1cccc2ccc3ccccc3c12.[C-]#Cc1cccc2ccc3ccccc3c12. The van der Waals surface area contributed by atoms with Crippen molar-refractivity contribution in [1.82, 2.24) is 0 Å². The van der Waals surface area contributed by atoms with Crippen LogP contribution in [-0.2, 0) is 44.8 Å². The molecule has 66 heavy (non-hydrogen) atoms. The molecular formula is C62H52Au2P2+2. The van der Waals surface area contributed by atoms with Gasteiger partial charge in [-0.05, 0) is 109 Å². The summed E-state index contributed by atoms with van der Waals surface area (Å²) in [5.41, 5.74) is 1.71. The number of rotatable bonds is 7. The third-order valence-corrected chi connectivity index (χ3v) is 20.5. The van der Waals surface area contributed by atoms with Gasteiger partial charge in [0.25, 0.3) is 0 Å². The molecule has 0 aliphatic heterocycles. The molecule has 0 saturated carbocycles. The van der Waals surface area contributed by atoms with Gasteiger partial charge in [-0.15, -0.1) is 23.3 Å². The van der Waals surface area contributed by atoms with E-state index < -0.39 is 15.8 Å². The number of hydrogen-bond acceptors (Lipinski definition) is 0. The van der Waals surface area contributed by atoms with E-state index in [-0.39, 0.29) is 55.1 Å². The normalized spacial score (nSPS) is 11.0. The second-order valence-corrected chi connectivity index (χ2v) is 23.4. The van der Waals surface area contributed by atoms with Crippen molar-refractivity contribution >= 4 is 80.2 Å². The van der Waals surface area contributed by atoms with Crippen LogP contribution in [-0.4, -0.2) is 10.3 Å². The summed E-state index contributed by atoms with van der Waals surface area (Å²) in [6, 6.07) is 81.8. The summed E-state index contributed by atoms with van der Waals surface area (Å²) in [6.45, 7) is 10.1. The molecule has 0 aliphatic carbocycles. The van der Waals surface area contributed by atoms with E-state index in [0.717, 1.165) is 32.7 Å². The molecule has 10 rings (SSSR count). The van der Waals surface area contributed by atoms with Crippen LogP contribution in [0.5, 0.6) is 0 Å². The van der Waals surface area contributed by atoms with Gasteiger partial charge < -0.3 is 12.8 Å². The number of hydrogen-bond donors (Lipinski definition) is 0. The average molecular weight is 1250 g/mol. The Labute approximate surface area is 425 Å². The van der Waals surface area contributed by atoms with Crippen LogP contribution in [0.3, 0.4) is 0 Å². The summed E-state index contributed by atoms with van der Waals surface area (Å²) < 4.78 is 0. The van der Waals surface area contributed by atoms with Crippen LogP contribution < -0.4 is 21.2 Å². The molecule has 0 aromatic heterocycles. The summed E-state index contributed by atoms with van der Waals surface area (Å²) in [4.78, 5) is 0. The van der Waals surface area contributed by atoms with Crippen LogP contribution in [0, 0.1) is 24.7 Å². The first-order valence-corrected chi connectivity index (χ1v) is 24.9. The fourth-order valence-electron chi connectivity index (χ4n) is 9.15. The molecule has 0 radical (unpaired) electrons. The fourth-order valence-corrected chi connectivity index (χ4v) is 16.8. The molecule has 330 valence electrons. The molecule has 0 saturated heterocycles. The molecule has 10 aromatic carbocycles. The van der Waals surface area contributed by atoms with Gasteiger partial charge in [0.2, 0.25) is 0 Å². The first-order chi connectivity index (χ1) is 31.2. The first-order valence-electron chi connectivity index (χ1n) is 21.9. The topological polar surface area (TPSA) is 0 Å². The maximum atomic E-state index is 7.35. The second-order valence-electron chi connectivity index (χ2n) is 17.1. The Kier molecular flexibility index (Phi) is 17.4. The first kappa shape index (κ1) is 50.1. The van der Waals surface area contributed by atoms with Crippen molar-refractivity contribution < 1.29 is 44.8 Å². The molecule has 0 bridgehead atoms. The van der Waals surface area contributed by atoms with E-state index in [1.165, 1.54) is 42.8 Å². The van der Waals surface area contributed by atoms with Crippen LogP contribution in [0.25, 0.3) is 43.1 Å². The summed E-state index contributed by atoms with van der Waals surface area (Å²) >= 11 is 0. The van der Waals surface area contributed by atoms with Crippen LogP contribution in [0.2, 0.25) is 0 Å². The second kappa shape index (κ2) is 22.9. The van der Waals surface area contributed by atoms with Gasteiger partial charge in [-0.25, -0.2) is 0 Å². The molecule has 0 atom stereocenters. The van der Waals surface area contributed by atoms with Crippen LogP contribution >= 0.6 is 15.8 Å². The van der Waals surface area contributed by atoms with Gasteiger partial charge in [0.1, 0.15) is 10.3 Å². The zero-order valence-electron chi connectivity index (χ0n) is 37.5. The van der Waals surface area contributed by atoms with E-state index in [1.807, 2.05) is 48.5 Å². The van der Waals surface area contributed by atoms with Gasteiger partial charge in [-0.2, -0.15) is 0 Å². The Morgan fingerprint density at radius 2 is 0.561 bits per heavy atom. The molecule has 0 amide bonds. The maximum absolute atomic E-state index is 7.35. The standard InChI is InChI=1S/C30H32P2.2C16H9.2Au/c1-29(2,31(25-17-9-5-10-18-25)26-19-11-6-12-20-26)30(3,4)32(27-21-13-7-14-22-27)28-23-15-8-16-24-28;2*1-2-12-7-5-8-14-11-10-13-6-3-4-9-15(13)16(12)14;;/h5-24H,1-4H3;2*3-11H;;/q;2*-1;2*+1/p+2. The summed E-state index contributed by atoms with van der Waals surface area (Å²) in [7, 11) is -2.13. The third-order valence-electron chi connectivity index (χ3n) is 12.9. The maximum Gasteiger partial charge on any atom is 1.00 e. The molecular weight excluding hydrogens is 1200 g/mol. The zero-order valence-corrected chi connectivity index (χ0v) is 43.9. The van der Waals surface area contributed by atoms with Gasteiger partial charge in [0, 0.05) is 0 Å². The summed E-state index contributed by atoms with van der Waals surface area (Å²) in [6.07, 6.45) is 14.7. The van der Waals surface area contributed by atoms with Gasteiger partial charge in [-0.3, -0.25) is 11.8 Å². The Bertz CT molecular complexity index is 2940. The van der Waals surface area contributed by atoms with Crippen LogP contribution in [0.15, 0.2) is 231 Å². The average Bonchev–Trinajstić information content (AvgIpc) is 3.35.